The minimum atomic E-state index is -0.365. The fraction of sp³-hybridized carbons (Fsp3) is 0.636. The van der Waals surface area contributed by atoms with Gasteiger partial charge in [-0.2, -0.15) is 5.10 Å². The second kappa shape index (κ2) is 5.51. The van der Waals surface area contributed by atoms with Gasteiger partial charge >= 0.3 is 0 Å². The molecule has 1 aliphatic rings. The van der Waals surface area contributed by atoms with E-state index in [1.807, 2.05) is 0 Å². The maximum Gasteiger partial charge on any atom is 0.285 e. The number of halogens is 1. The lowest BCUT2D eigenvalue weighted by molar-refractivity contribution is 0.0622. The molecule has 0 amide bonds. The number of hydrogen-bond donors (Lipinski definition) is 2. The van der Waals surface area contributed by atoms with E-state index in [0.717, 1.165) is 26.1 Å². The first-order valence-electron chi connectivity index (χ1n) is 5.76. The van der Waals surface area contributed by atoms with E-state index in [1.165, 1.54) is 0 Å². The van der Waals surface area contributed by atoms with Crippen molar-refractivity contribution in [2.45, 2.75) is 25.8 Å². The monoisotopic (exact) mass is 257 g/mol. The van der Waals surface area contributed by atoms with Gasteiger partial charge in [-0.05, 0) is 25.7 Å². The molecule has 6 heteroatoms. The highest BCUT2D eigenvalue weighted by molar-refractivity contribution is 6.32. The number of aromatic amines is 1. The lowest BCUT2D eigenvalue weighted by Crippen LogP contribution is -2.31. The summed E-state index contributed by atoms with van der Waals surface area (Å²) in [5.74, 6) is 0.541. The first-order chi connectivity index (χ1) is 8.18. The highest BCUT2D eigenvalue weighted by Gasteiger charge is 2.21. The fourth-order valence-electron chi connectivity index (χ4n) is 2.06. The largest absolute Gasteiger partial charge is 0.381 e. The van der Waals surface area contributed by atoms with E-state index in [-0.39, 0.29) is 16.6 Å². The Morgan fingerprint density at radius 1 is 1.59 bits per heavy atom. The van der Waals surface area contributed by atoms with E-state index in [9.17, 15) is 4.79 Å². The van der Waals surface area contributed by atoms with Crippen LogP contribution in [0.15, 0.2) is 11.0 Å². The Balaban J connectivity index is 2.04. The van der Waals surface area contributed by atoms with Crippen molar-refractivity contribution in [3.8, 4) is 0 Å². The molecule has 0 radical (unpaired) electrons. The van der Waals surface area contributed by atoms with Crippen LogP contribution in [-0.2, 0) is 4.74 Å². The van der Waals surface area contributed by atoms with E-state index in [1.54, 1.807) is 6.20 Å². The summed E-state index contributed by atoms with van der Waals surface area (Å²) in [5.41, 5.74) is 0.227. The van der Waals surface area contributed by atoms with E-state index in [2.05, 4.69) is 22.4 Å². The van der Waals surface area contributed by atoms with Gasteiger partial charge in [0.15, 0.2) is 0 Å². The zero-order valence-corrected chi connectivity index (χ0v) is 10.5. The average molecular weight is 258 g/mol. The summed E-state index contributed by atoms with van der Waals surface area (Å²) in [6, 6.07) is 0.250. The molecule has 2 heterocycles. The van der Waals surface area contributed by atoms with E-state index in [0.29, 0.717) is 11.6 Å². The van der Waals surface area contributed by atoms with Crippen LogP contribution in [0.3, 0.4) is 0 Å². The van der Waals surface area contributed by atoms with Gasteiger partial charge in [0.2, 0.25) is 0 Å². The number of hydrogen-bond acceptors (Lipinski definition) is 4. The van der Waals surface area contributed by atoms with Crippen molar-refractivity contribution in [1.29, 1.82) is 0 Å². The van der Waals surface area contributed by atoms with Crippen molar-refractivity contribution in [3.63, 3.8) is 0 Å². The minimum absolute atomic E-state index is 0.166. The third kappa shape index (κ3) is 2.98. The fourth-order valence-corrected chi connectivity index (χ4v) is 2.21. The Hall–Kier alpha value is -1.07. The van der Waals surface area contributed by atoms with Crippen LogP contribution < -0.4 is 10.9 Å². The van der Waals surface area contributed by atoms with Gasteiger partial charge in [0.05, 0.1) is 11.9 Å². The van der Waals surface area contributed by atoms with Crippen LogP contribution in [0, 0.1) is 5.92 Å². The molecule has 0 bridgehead atoms. The summed E-state index contributed by atoms with van der Waals surface area (Å²) < 4.78 is 5.32. The summed E-state index contributed by atoms with van der Waals surface area (Å²) in [4.78, 5) is 11.3. The Morgan fingerprint density at radius 2 is 2.29 bits per heavy atom. The summed E-state index contributed by atoms with van der Waals surface area (Å²) in [6.45, 7) is 3.70. The second-order valence-corrected chi connectivity index (χ2v) is 4.69. The lowest BCUT2D eigenvalue weighted by atomic mass is 9.93. The predicted octanol–water partition coefficient (Wildman–Crippen LogP) is 1.65. The summed E-state index contributed by atoms with van der Waals surface area (Å²) in [6.07, 6.45) is 3.60. The smallest absolute Gasteiger partial charge is 0.285 e. The third-order valence-corrected chi connectivity index (χ3v) is 3.53. The van der Waals surface area contributed by atoms with Gasteiger partial charge in [-0.15, -0.1) is 0 Å². The number of rotatable bonds is 3. The third-order valence-electron chi connectivity index (χ3n) is 3.15. The molecule has 1 aliphatic heterocycles. The van der Waals surface area contributed by atoms with Crippen molar-refractivity contribution < 1.29 is 4.74 Å². The number of H-pyrrole nitrogens is 1. The highest BCUT2D eigenvalue weighted by atomic mass is 35.5. The molecular weight excluding hydrogens is 242 g/mol. The molecule has 2 rings (SSSR count). The van der Waals surface area contributed by atoms with Crippen molar-refractivity contribution in [1.82, 2.24) is 10.2 Å². The van der Waals surface area contributed by atoms with E-state index < -0.39 is 0 Å². The van der Waals surface area contributed by atoms with Crippen molar-refractivity contribution in [2.24, 2.45) is 5.92 Å². The zero-order chi connectivity index (χ0) is 12.3. The van der Waals surface area contributed by atoms with E-state index in [4.69, 9.17) is 16.3 Å². The molecule has 17 heavy (non-hydrogen) atoms. The molecule has 0 spiro atoms. The first kappa shape index (κ1) is 12.4. The number of aromatic nitrogens is 2. The Kier molecular flexibility index (Phi) is 4.02. The highest BCUT2D eigenvalue weighted by Crippen LogP contribution is 2.23. The SMILES string of the molecule is CC(Nc1cn[nH]c(=O)c1Cl)C1CCOCC1. The molecule has 0 aliphatic carbocycles. The van der Waals surface area contributed by atoms with Crippen molar-refractivity contribution >= 4 is 17.3 Å². The van der Waals surface area contributed by atoms with Crippen LogP contribution >= 0.6 is 11.6 Å². The molecule has 0 aromatic carbocycles. The van der Waals surface area contributed by atoms with Crippen molar-refractivity contribution in [2.75, 3.05) is 18.5 Å². The van der Waals surface area contributed by atoms with Crippen LogP contribution in [0.5, 0.6) is 0 Å². The number of nitrogens with one attached hydrogen (secondary N) is 2. The van der Waals surface area contributed by atoms with Crippen LogP contribution in [0.1, 0.15) is 19.8 Å². The van der Waals surface area contributed by atoms with Gasteiger partial charge in [-0.1, -0.05) is 11.6 Å². The molecule has 0 saturated carbocycles. The molecule has 1 saturated heterocycles. The Morgan fingerprint density at radius 3 is 3.00 bits per heavy atom. The van der Waals surface area contributed by atoms with E-state index >= 15 is 0 Å². The molecule has 1 atom stereocenters. The van der Waals surface area contributed by atoms with Crippen molar-refractivity contribution in [3.05, 3.63) is 21.6 Å². The number of ether oxygens (including phenoxy) is 1. The number of anilines is 1. The average Bonchev–Trinajstić information content (AvgIpc) is 2.36. The summed E-state index contributed by atoms with van der Waals surface area (Å²) in [5, 5.41) is 9.45. The lowest BCUT2D eigenvalue weighted by Gasteiger charge is -2.29. The second-order valence-electron chi connectivity index (χ2n) is 4.31. The molecule has 1 aromatic rings. The molecule has 5 nitrogen and oxygen atoms in total. The molecule has 94 valence electrons. The Bertz CT molecular complexity index is 429. The topological polar surface area (TPSA) is 67.0 Å². The summed E-state index contributed by atoms with van der Waals surface area (Å²) in [7, 11) is 0. The van der Waals surface area contributed by atoms with Crippen LogP contribution in [0.25, 0.3) is 0 Å². The van der Waals surface area contributed by atoms with Crippen LogP contribution in [0.2, 0.25) is 5.02 Å². The Labute approximate surface area is 105 Å². The van der Waals surface area contributed by atoms with Gasteiger partial charge in [0.1, 0.15) is 5.02 Å². The van der Waals surface area contributed by atoms with Gasteiger partial charge in [0, 0.05) is 19.3 Å². The normalized spacial score (nSPS) is 18.9. The number of nitrogens with zero attached hydrogens (tertiary/aromatic N) is 1. The van der Waals surface area contributed by atoms with Gasteiger partial charge in [-0.25, -0.2) is 5.10 Å². The van der Waals surface area contributed by atoms with Gasteiger partial charge in [-0.3, -0.25) is 4.79 Å². The maximum absolute atomic E-state index is 11.3. The standard InChI is InChI=1S/C11H16ClN3O2/c1-7(8-2-4-17-5-3-8)14-9-6-13-15-11(16)10(9)12/h6-8H,2-5H2,1H3,(H2,14,15,16). The molecule has 2 N–H and O–H groups in total. The molecule has 1 aromatic heterocycles. The maximum atomic E-state index is 11.3. The summed E-state index contributed by atoms with van der Waals surface area (Å²) >= 11 is 5.91. The quantitative estimate of drug-likeness (QED) is 0.864. The zero-order valence-electron chi connectivity index (χ0n) is 9.70. The first-order valence-corrected chi connectivity index (χ1v) is 6.13. The molecule has 1 fully saturated rings. The minimum Gasteiger partial charge on any atom is -0.381 e. The van der Waals surface area contributed by atoms with Crippen LogP contribution in [-0.4, -0.2) is 29.5 Å². The molecular formula is C11H16ClN3O2. The van der Waals surface area contributed by atoms with Gasteiger partial charge < -0.3 is 10.1 Å². The molecule has 1 unspecified atom stereocenters. The van der Waals surface area contributed by atoms with Gasteiger partial charge in [0.25, 0.3) is 5.56 Å². The predicted molar refractivity (Wildman–Crippen MR) is 66.5 cm³/mol. The van der Waals surface area contributed by atoms with Crippen LogP contribution in [0.4, 0.5) is 5.69 Å².